The summed E-state index contributed by atoms with van der Waals surface area (Å²) in [7, 11) is 6.19. The number of hydrogen-bond acceptors (Lipinski definition) is 2. The maximum atomic E-state index is 3.17. The van der Waals surface area contributed by atoms with E-state index < -0.39 is 0 Å². The Hall–Kier alpha value is -0.730. The highest BCUT2D eigenvalue weighted by molar-refractivity contribution is 5.74. The molecule has 0 unspecified atom stereocenters. The second-order valence-corrected chi connectivity index (χ2v) is 2.77. The molecule has 0 fully saturated rings. The molecule has 0 atom stereocenters. The zero-order valence-electron chi connectivity index (χ0n) is 7.02. The number of nitrogens with one attached hydrogen (secondary N) is 1. The predicted molar refractivity (Wildman–Crippen MR) is 42.4 cm³/mol. The van der Waals surface area contributed by atoms with Crippen LogP contribution in [-0.4, -0.2) is 49.7 Å². The zero-order valence-corrected chi connectivity index (χ0v) is 7.02. The number of guanidine groups is 1. The first-order valence-electron chi connectivity index (χ1n) is 3.72. The maximum absolute atomic E-state index is 3.17. The molecule has 0 radical (unpaired) electrons. The van der Waals surface area contributed by atoms with Crippen molar-refractivity contribution in [3.63, 3.8) is 0 Å². The van der Waals surface area contributed by atoms with E-state index in [1.807, 2.05) is 7.05 Å². The maximum Gasteiger partial charge on any atom is 0.347 e. The van der Waals surface area contributed by atoms with Gasteiger partial charge in [-0.1, -0.05) is 0 Å². The molecule has 0 spiro atoms. The van der Waals surface area contributed by atoms with Crippen LogP contribution in [0.25, 0.3) is 0 Å². The third-order valence-corrected chi connectivity index (χ3v) is 1.93. The second-order valence-electron chi connectivity index (χ2n) is 2.77. The van der Waals surface area contributed by atoms with Gasteiger partial charge in [-0.15, -0.1) is 0 Å². The lowest BCUT2D eigenvalue weighted by molar-refractivity contribution is -0.510. The molecule has 3 nitrogen and oxygen atoms in total. The van der Waals surface area contributed by atoms with Crippen molar-refractivity contribution < 1.29 is 4.58 Å². The van der Waals surface area contributed by atoms with Crippen LogP contribution >= 0.6 is 0 Å². The molecule has 1 rings (SSSR count). The van der Waals surface area contributed by atoms with Gasteiger partial charge in [0.05, 0.1) is 34.2 Å². The average Bonchev–Trinajstić information content (AvgIpc) is 1.88. The topological polar surface area (TPSA) is 18.3 Å². The van der Waals surface area contributed by atoms with Gasteiger partial charge in [-0.25, -0.2) is 0 Å². The molecule has 0 saturated heterocycles. The highest BCUT2D eigenvalue weighted by Crippen LogP contribution is 1.95. The van der Waals surface area contributed by atoms with Crippen LogP contribution in [0.5, 0.6) is 0 Å². The molecule has 0 amide bonds. The molecule has 3 heteroatoms. The summed E-state index contributed by atoms with van der Waals surface area (Å²) in [6, 6.07) is 0. The van der Waals surface area contributed by atoms with Gasteiger partial charge in [-0.2, -0.15) is 0 Å². The molecule has 1 aliphatic heterocycles. The summed E-state index contributed by atoms with van der Waals surface area (Å²) in [5.41, 5.74) is 0. The van der Waals surface area contributed by atoms with Crippen LogP contribution in [0.3, 0.4) is 0 Å². The Morgan fingerprint density at radius 3 is 2.70 bits per heavy atom. The Kier molecular flexibility index (Phi) is 2.14. The second kappa shape index (κ2) is 2.90. The van der Waals surface area contributed by atoms with Gasteiger partial charge >= 0.3 is 5.96 Å². The number of rotatable bonds is 0. The van der Waals surface area contributed by atoms with E-state index in [4.69, 9.17) is 0 Å². The summed E-state index contributed by atoms with van der Waals surface area (Å²) >= 11 is 0. The van der Waals surface area contributed by atoms with Crippen LogP contribution in [0, 0.1) is 0 Å². The van der Waals surface area contributed by atoms with E-state index in [2.05, 4.69) is 28.9 Å². The van der Waals surface area contributed by atoms with Crippen molar-refractivity contribution in [2.75, 3.05) is 34.2 Å². The highest BCUT2D eigenvalue weighted by atomic mass is 15.3. The molecule has 0 aromatic heterocycles. The van der Waals surface area contributed by atoms with E-state index in [1.54, 1.807) is 0 Å². The standard InChI is InChI=1S/C7H15N3/c1-8-7-9(2)5-4-6-10(7)3/h4-6H2,1-3H3/p+1. The Morgan fingerprint density at radius 1 is 1.60 bits per heavy atom. The molecule has 1 aliphatic rings. The lowest BCUT2D eigenvalue weighted by Gasteiger charge is -2.21. The van der Waals surface area contributed by atoms with E-state index >= 15 is 0 Å². The Labute approximate surface area is 62.3 Å². The summed E-state index contributed by atoms with van der Waals surface area (Å²) in [5.74, 6) is 1.23. The van der Waals surface area contributed by atoms with Crippen molar-refractivity contribution in [2.45, 2.75) is 6.42 Å². The fraction of sp³-hybridized carbons (Fsp3) is 0.857. The van der Waals surface area contributed by atoms with Gasteiger partial charge in [0.1, 0.15) is 0 Å². The lowest BCUT2D eigenvalue weighted by Crippen LogP contribution is -2.47. The van der Waals surface area contributed by atoms with E-state index in [0.29, 0.717) is 0 Å². The van der Waals surface area contributed by atoms with Gasteiger partial charge in [-0.05, 0) is 0 Å². The van der Waals surface area contributed by atoms with Crippen LogP contribution in [0.4, 0.5) is 0 Å². The number of hydrogen-bond donors (Lipinski definition) is 1. The molecular formula is C7H16N3+. The van der Waals surface area contributed by atoms with Crippen LogP contribution < -0.4 is 5.32 Å². The third kappa shape index (κ3) is 1.23. The Bertz CT molecular complexity index is 151. The van der Waals surface area contributed by atoms with E-state index in [1.165, 1.54) is 25.5 Å². The molecule has 1 heterocycles. The number of nitrogens with zero attached hydrogens (tertiary/aromatic N) is 2. The zero-order chi connectivity index (χ0) is 7.56. The molecular weight excluding hydrogens is 126 g/mol. The van der Waals surface area contributed by atoms with Crippen molar-refractivity contribution in [2.24, 2.45) is 0 Å². The third-order valence-electron chi connectivity index (χ3n) is 1.93. The molecule has 0 aromatic rings. The van der Waals surface area contributed by atoms with Gasteiger partial charge in [0, 0.05) is 6.42 Å². The van der Waals surface area contributed by atoms with Crippen LogP contribution in [0.1, 0.15) is 6.42 Å². The van der Waals surface area contributed by atoms with Crippen molar-refractivity contribution in [3.8, 4) is 0 Å². The molecule has 0 aliphatic carbocycles. The summed E-state index contributed by atoms with van der Waals surface area (Å²) in [6.07, 6.45) is 1.26. The van der Waals surface area contributed by atoms with Crippen molar-refractivity contribution in [1.29, 1.82) is 0 Å². The van der Waals surface area contributed by atoms with Gasteiger partial charge < -0.3 is 0 Å². The smallest absolute Gasteiger partial charge is 0.281 e. The minimum atomic E-state index is 1.17. The quantitative estimate of drug-likeness (QED) is 0.461. The SMILES string of the molecule is CNC1=[N+](C)CCCN1C. The minimum absolute atomic E-state index is 1.17. The van der Waals surface area contributed by atoms with Gasteiger partial charge in [0.2, 0.25) is 0 Å². The van der Waals surface area contributed by atoms with Crippen molar-refractivity contribution >= 4 is 5.96 Å². The average molecular weight is 142 g/mol. The minimum Gasteiger partial charge on any atom is -0.281 e. The van der Waals surface area contributed by atoms with E-state index in [-0.39, 0.29) is 0 Å². The summed E-state index contributed by atoms with van der Waals surface area (Å²) in [5, 5.41) is 3.17. The van der Waals surface area contributed by atoms with E-state index in [9.17, 15) is 0 Å². The van der Waals surface area contributed by atoms with Gasteiger partial charge in [0.25, 0.3) is 0 Å². The molecule has 0 bridgehead atoms. The van der Waals surface area contributed by atoms with Crippen LogP contribution in [0.15, 0.2) is 0 Å². The monoisotopic (exact) mass is 142 g/mol. The molecule has 1 N–H and O–H groups in total. The first kappa shape index (κ1) is 7.38. The van der Waals surface area contributed by atoms with Crippen LogP contribution in [-0.2, 0) is 0 Å². The first-order chi connectivity index (χ1) is 4.75. The van der Waals surface area contributed by atoms with Crippen molar-refractivity contribution in [1.82, 2.24) is 10.2 Å². The fourth-order valence-corrected chi connectivity index (χ4v) is 1.43. The lowest BCUT2D eigenvalue weighted by atomic mass is 10.3. The van der Waals surface area contributed by atoms with Crippen molar-refractivity contribution in [3.05, 3.63) is 0 Å². The van der Waals surface area contributed by atoms with E-state index in [0.717, 1.165) is 0 Å². The summed E-state index contributed by atoms with van der Waals surface area (Å²) in [6.45, 7) is 2.33. The summed E-state index contributed by atoms with van der Waals surface area (Å²) in [4.78, 5) is 2.24. The Balaban J connectivity index is 2.73. The largest absolute Gasteiger partial charge is 0.347 e. The van der Waals surface area contributed by atoms with Gasteiger partial charge in [0.15, 0.2) is 0 Å². The Morgan fingerprint density at radius 2 is 2.30 bits per heavy atom. The predicted octanol–water partition coefficient (Wildman–Crippen LogP) is -0.460. The fourth-order valence-electron chi connectivity index (χ4n) is 1.43. The molecule has 58 valence electrons. The highest BCUT2D eigenvalue weighted by Gasteiger charge is 2.18. The normalized spacial score (nSPS) is 19.7. The van der Waals surface area contributed by atoms with Gasteiger partial charge in [-0.3, -0.25) is 14.8 Å². The summed E-state index contributed by atoms with van der Waals surface area (Å²) < 4.78 is 2.24. The molecule has 10 heavy (non-hydrogen) atoms. The first-order valence-corrected chi connectivity index (χ1v) is 3.72. The molecule has 0 aromatic carbocycles. The van der Waals surface area contributed by atoms with Crippen LogP contribution in [0.2, 0.25) is 0 Å². The molecule has 0 saturated carbocycles.